The summed E-state index contributed by atoms with van der Waals surface area (Å²) in [4.78, 5) is 2.93. The molecular weight excluding hydrogens is 256 g/mol. The summed E-state index contributed by atoms with van der Waals surface area (Å²) in [5.74, 6) is 3.53. The maximum absolute atomic E-state index is 3.94. The lowest BCUT2D eigenvalue weighted by atomic mass is 9.76. The van der Waals surface area contributed by atoms with Crippen LogP contribution in [0.5, 0.6) is 0 Å². The predicted octanol–water partition coefficient (Wildman–Crippen LogP) is 3.91. The zero-order valence-electron chi connectivity index (χ0n) is 14.9. The first-order valence-electron chi connectivity index (χ1n) is 9.41. The third-order valence-corrected chi connectivity index (χ3v) is 6.94. The van der Waals surface area contributed by atoms with E-state index in [0.717, 1.165) is 35.8 Å². The van der Waals surface area contributed by atoms with Gasteiger partial charge in [-0.1, -0.05) is 27.7 Å². The Morgan fingerprint density at radius 3 is 2.33 bits per heavy atom. The quantitative estimate of drug-likeness (QED) is 0.848. The van der Waals surface area contributed by atoms with Gasteiger partial charge in [0, 0.05) is 30.7 Å². The number of rotatable bonds is 3. The van der Waals surface area contributed by atoms with Gasteiger partial charge in [-0.3, -0.25) is 4.90 Å². The average Bonchev–Trinajstić information content (AvgIpc) is 3.26. The fraction of sp³-hybridized carbons (Fsp3) is 1.00. The van der Waals surface area contributed by atoms with Crippen LogP contribution in [0, 0.1) is 23.7 Å². The molecule has 122 valence electrons. The molecule has 0 spiro atoms. The molecule has 3 aliphatic rings. The normalized spacial score (nSPS) is 46.0. The number of piperazine rings is 1. The molecule has 2 heteroatoms. The van der Waals surface area contributed by atoms with Gasteiger partial charge in [0.15, 0.2) is 0 Å². The summed E-state index contributed by atoms with van der Waals surface area (Å²) >= 11 is 0. The van der Waals surface area contributed by atoms with Crippen LogP contribution in [0.2, 0.25) is 0 Å². The minimum Gasteiger partial charge on any atom is -0.308 e. The molecule has 3 rings (SSSR count). The minimum absolute atomic E-state index is 0.387. The molecule has 3 fully saturated rings. The molecule has 1 N–H and O–H groups in total. The molecule has 0 aromatic rings. The lowest BCUT2D eigenvalue weighted by Crippen LogP contribution is -2.67. The van der Waals surface area contributed by atoms with Gasteiger partial charge in [0.2, 0.25) is 0 Å². The van der Waals surface area contributed by atoms with E-state index in [-0.39, 0.29) is 0 Å². The Bertz CT molecular complexity index is 363. The summed E-state index contributed by atoms with van der Waals surface area (Å²) < 4.78 is 0. The van der Waals surface area contributed by atoms with Gasteiger partial charge in [-0.25, -0.2) is 0 Å². The fourth-order valence-electron chi connectivity index (χ4n) is 4.84. The van der Waals surface area contributed by atoms with Crippen molar-refractivity contribution in [3.05, 3.63) is 0 Å². The molecule has 5 atom stereocenters. The van der Waals surface area contributed by atoms with Crippen molar-refractivity contribution in [2.45, 2.75) is 84.3 Å². The molecule has 0 amide bonds. The van der Waals surface area contributed by atoms with E-state index in [1.165, 1.54) is 45.2 Å². The van der Waals surface area contributed by atoms with Crippen LogP contribution in [-0.2, 0) is 0 Å². The Labute approximate surface area is 132 Å². The molecular formula is C19H36N2. The smallest absolute Gasteiger partial charge is 0.0309 e. The van der Waals surface area contributed by atoms with Crippen molar-refractivity contribution in [2.75, 3.05) is 13.1 Å². The second-order valence-corrected chi connectivity index (χ2v) is 8.98. The molecule has 1 aliphatic heterocycles. The molecule has 0 radical (unpaired) electrons. The Balaban J connectivity index is 1.74. The Kier molecular flexibility index (Phi) is 4.40. The van der Waals surface area contributed by atoms with Crippen LogP contribution in [0.3, 0.4) is 0 Å². The van der Waals surface area contributed by atoms with Crippen LogP contribution in [-0.4, -0.2) is 35.6 Å². The first kappa shape index (κ1) is 15.8. The van der Waals surface area contributed by atoms with Gasteiger partial charge in [0.1, 0.15) is 0 Å². The van der Waals surface area contributed by atoms with Crippen LogP contribution in [0.4, 0.5) is 0 Å². The van der Waals surface area contributed by atoms with Crippen molar-refractivity contribution < 1.29 is 0 Å². The highest BCUT2D eigenvalue weighted by Crippen LogP contribution is 2.43. The van der Waals surface area contributed by atoms with E-state index in [1.807, 2.05) is 0 Å². The molecule has 0 aromatic carbocycles. The topological polar surface area (TPSA) is 15.3 Å². The maximum Gasteiger partial charge on any atom is 0.0309 e. The number of hydrogen-bond donors (Lipinski definition) is 1. The molecule has 2 aliphatic carbocycles. The third-order valence-electron chi connectivity index (χ3n) is 6.94. The molecule has 0 aromatic heterocycles. The number of nitrogens with zero attached hydrogens (tertiary/aromatic N) is 1. The Morgan fingerprint density at radius 2 is 1.76 bits per heavy atom. The molecule has 1 saturated heterocycles. The van der Waals surface area contributed by atoms with Gasteiger partial charge < -0.3 is 5.32 Å². The van der Waals surface area contributed by atoms with E-state index in [0.29, 0.717) is 5.54 Å². The summed E-state index contributed by atoms with van der Waals surface area (Å²) in [5, 5.41) is 3.94. The van der Waals surface area contributed by atoms with Gasteiger partial charge in [0.25, 0.3) is 0 Å². The van der Waals surface area contributed by atoms with E-state index >= 15 is 0 Å². The molecule has 0 bridgehead atoms. The zero-order valence-corrected chi connectivity index (χ0v) is 14.9. The van der Waals surface area contributed by atoms with Crippen LogP contribution in [0.1, 0.15) is 66.7 Å². The second-order valence-electron chi connectivity index (χ2n) is 8.98. The van der Waals surface area contributed by atoms with Crippen LogP contribution in [0.25, 0.3) is 0 Å². The van der Waals surface area contributed by atoms with Gasteiger partial charge in [0.05, 0.1) is 0 Å². The monoisotopic (exact) mass is 292 g/mol. The molecule has 21 heavy (non-hydrogen) atoms. The lowest BCUT2D eigenvalue weighted by Gasteiger charge is -2.53. The van der Waals surface area contributed by atoms with E-state index in [9.17, 15) is 0 Å². The fourth-order valence-corrected chi connectivity index (χ4v) is 4.84. The first-order valence-corrected chi connectivity index (χ1v) is 9.41. The van der Waals surface area contributed by atoms with E-state index in [2.05, 4.69) is 44.8 Å². The number of nitrogens with one attached hydrogen (secondary N) is 1. The van der Waals surface area contributed by atoms with Crippen LogP contribution in [0.15, 0.2) is 0 Å². The van der Waals surface area contributed by atoms with Crippen molar-refractivity contribution in [3.63, 3.8) is 0 Å². The summed E-state index contributed by atoms with van der Waals surface area (Å²) in [7, 11) is 0. The van der Waals surface area contributed by atoms with E-state index in [4.69, 9.17) is 0 Å². The summed E-state index contributed by atoms with van der Waals surface area (Å²) in [6, 6.07) is 1.58. The van der Waals surface area contributed by atoms with Crippen LogP contribution >= 0.6 is 0 Å². The van der Waals surface area contributed by atoms with Crippen LogP contribution < -0.4 is 5.32 Å². The predicted molar refractivity (Wildman–Crippen MR) is 90.4 cm³/mol. The third kappa shape index (κ3) is 3.17. The van der Waals surface area contributed by atoms with E-state index in [1.54, 1.807) is 0 Å². The average molecular weight is 293 g/mol. The maximum atomic E-state index is 3.94. The molecule has 1 heterocycles. The van der Waals surface area contributed by atoms with Gasteiger partial charge in [-0.05, 0) is 62.7 Å². The van der Waals surface area contributed by atoms with Crippen molar-refractivity contribution in [3.8, 4) is 0 Å². The summed E-state index contributed by atoms with van der Waals surface area (Å²) in [5.41, 5.74) is 0.387. The minimum atomic E-state index is 0.387. The number of hydrogen-bond acceptors (Lipinski definition) is 2. The molecule has 5 unspecified atom stereocenters. The highest BCUT2D eigenvalue weighted by atomic mass is 15.3. The Morgan fingerprint density at radius 1 is 1.05 bits per heavy atom. The van der Waals surface area contributed by atoms with E-state index < -0.39 is 0 Å². The largest absolute Gasteiger partial charge is 0.308 e. The summed E-state index contributed by atoms with van der Waals surface area (Å²) in [6.45, 7) is 14.7. The van der Waals surface area contributed by atoms with Crippen molar-refractivity contribution in [2.24, 2.45) is 23.7 Å². The summed E-state index contributed by atoms with van der Waals surface area (Å²) in [6.07, 6.45) is 7.17. The van der Waals surface area contributed by atoms with Gasteiger partial charge >= 0.3 is 0 Å². The standard InChI is InChI=1S/C19H36N2/c1-13(2)18-11-20-19(5,16-7-8-16)12-21(18)17-9-6-14(3)15(4)10-17/h13-18,20H,6-12H2,1-5H3. The first-order chi connectivity index (χ1) is 9.90. The van der Waals surface area contributed by atoms with Gasteiger partial charge in [-0.15, -0.1) is 0 Å². The Hall–Kier alpha value is -0.0800. The van der Waals surface area contributed by atoms with Crippen molar-refractivity contribution in [1.29, 1.82) is 0 Å². The highest BCUT2D eigenvalue weighted by Gasteiger charge is 2.48. The van der Waals surface area contributed by atoms with Gasteiger partial charge in [-0.2, -0.15) is 0 Å². The van der Waals surface area contributed by atoms with Crippen molar-refractivity contribution in [1.82, 2.24) is 10.2 Å². The highest BCUT2D eigenvalue weighted by molar-refractivity contribution is 5.06. The molecule has 2 saturated carbocycles. The zero-order chi connectivity index (χ0) is 15.2. The molecule has 2 nitrogen and oxygen atoms in total. The SMILES string of the molecule is CC(C)C1CNC(C)(C2CC2)CN1C1CCC(C)C(C)C1. The second kappa shape index (κ2) is 5.85. The van der Waals surface area contributed by atoms with Crippen molar-refractivity contribution >= 4 is 0 Å². The lowest BCUT2D eigenvalue weighted by molar-refractivity contribution is -0.00721.